The van der Waals surface area contributed by atoms with E-state index in [4.69, 9.17) is 0 Å². The summed E-state index contributed by atoms with van der Waals surface area (Å²) in [5, 5.41) is 2.64. The van der Waals surface area contributed by atoms with Crippen molar-refractivity contribution in [2.45, 2.75) is 4.90 Å². The Hall–Kier alpha value is -1.45. The number of carbonyl (C=O) groups is 2. The van der Waals surface area contributed by atoms with Gasteiger partial charge in [0.15, 0.2) is 0 Å². The van der Waals surface area contributed by atoms with Gasteiger partial charge in [0, 0.05) is 10.8 Å². The summed E-state index contributed by atoms with van der Waals surface area (Å²) in [5.41, 5.74) is -0.0696. The molecule has 0 radical (unpaired) electrons. The van der Waals surface area contributed by atoms with Crippen LogP contribution in [0.15, 0.2) is 15.7 Å². The van der Waals surface area contributed by atoms with Gasteiger partial charge in [0.2, 0.25) is 10.0 Å². The summed E-state index contributed by atoms with van der Waals surface area (Å²) in [6, 6.07) is 0. The molecule has 0 amide bonds. The number of esters is 2. The fourth-order valence-corrected chi connectivity index (χ4v) is 3.38. The molecule has 1 rings (SSSR count). The number of rotatable bonds is 5. The maximum atomic E-state index is 11.8. The van der Waals surface area contributed by atoms with E-state index in [0.29, 0.717) is 0 Å². The van der Waals surface area contributed by atoms with Gasteiger partial charge in [0.25, 0.3) is 0 Å². The van der Waals surface area contributed by atoms with Crippen molar-refractivity contribution >= 4 is 33.3 Å². The molecular formula is C9H11NO6S2. The van der Waals surface area contributed by atoms with Gasteiger partial charge in [-0.3, -0.25) is 4.79 Å². The summed E-state index contributed by atoms with van der Waals surface area (Å²) in [6.45, 7) is -0.505. The van der Waals surface area contributed by atoms with E-state index >= 15 is 0 Å². The summed E-state index contributed by atoms with van der Waals surface area (Å²) in [5.74, 6) is -1.48. The van der Waals surface area contributed by atoms with E-state index in [-0.39, 0.29) is 10.5 Å². The van der Waals surface area contributed by atoms with Crippen molar-refractivity contribution < 1.29 is 27.5 Å². The monoisotopic (exact) mass is 293 g/mol. The minimum absolute atomic E-state index is 0.0696. The first-order valence-corrected chi connectivity index (χ1v) is 7.06. The molecule has 0 aromatic carbocycles. The van der Waals surface area contributed by atoms with Crippen LogP contribution in [-0.4, -0.2) is 41.1 Å². The molecule has 0 fully saturated rings. The Morgan fingerprint density at radius 1 is 1.28 bits per heavy atom. The standard InChI is InChI=1S/C9H11NO6S2/c1-15-8(11)3-10-18(13,14)7-5-17-4-6(7)9(12)16-2/h4-5,10H,3H2,1-2H3. The molecule has 0 unspecified atom stereocenters. The molecule has 0 aliphatic heterocycles. The zero-order valence-corrected chi connectivity index (χ0v) is 11.3. The highest BCUT2D eigenvalue weighted by Crippen LogP contribution is 2.21. The molecule has 0 atom stereocenters. The molecule has 1 aromatic heterocycles. The van der Waals surface area contributed by atoms with Crippen LogP contribution in [0.4, 0.5) is 0 Å². The predicted molar refractivity (Wildman–Crippen MR) is 62.9 cm³/mol. The van der Waals surface area contributed by atoms with Crippen molar-refractivity contribution in [2.24, 2.45) is 0 Å². The van der Waals surface area contributed by atoms with E-state index in [1.54, 1.807) is 0 Å². The van der Waals surface area contributed by atoms with E-state index in [9.17, 15) is 18.0 Å². The normalized spacial score (nSPS) is 11.0. The molecule has 9 heteroatoms. The van der Waals surface area contributed by atoms with Crippen molar-refractivity contribution in [1.82, 2.24) is 4.72 Å². The molecule has 0 aliphatic carbocycles. The minimum Gasteiger partial charge on any atom is -0.468 e. The topological polar surface area (TPSA) is 98.8 Å². The number of carbonyl (C=O) groups excluding carboxylic acids is 2. The first-order chi connectivity index (χ1) is 8.42. The third-order valence-electron chi connectivity index (χ3n) is 1.96. The molecule has 0 spiro atoms. The molecule has 7 nitrogen and oxygen atoms in total. The van der Waals surface area contributed by atoms with Crippen LogP contribution in [0.1, 0.15) is 10.4 Å². The van der Waals surface area contributed by atoms with Crippen molar-refractivity contribution in [3.8, 4) is 0 Å². The van der Waals surface area contributed by atoms with Crippen LogP contribution in [0, 0.1) is 0 Å². The predicted octanol–water partition coefficient (Wildman–Crippen LogP) is -0.0140. The van der Waals surface area contributed by atoms with Gasteiger partial charge in [-0.05, 0) is 0 Å². The Kier molecular flexibility index (Phi) is 4.82. The van der Waals surface area contributed by atoms with Gasteiger partial charge >= 0.3 is 11.9 Å². The second kappa shape index (κ2) is 5.94. The SMILES string of the molecule is COC(=O)CNS(=O)(=O)c1cscc1C(=O)OC. The lowest BCUT2D eigenvalue weighted by Crippen LogP contribution is -2.30. The second-order valence-corrected chi connectivity index (χ2v) is 5.52. The summed E-state index contributed by atoms with van der Waals surface area (Å²) in [4.78, 5) is 22.0. The van der Waals surface area contributed by atoms with Gasteiger partial charge in [-0.15, -0.1) is 0 Å². The lowest BCUT2D eigenvalue weighted by Gasteiger charge is -2.05. The van der Waals surface area contributed by atoms with Gasteiger partial charge in [-0.25, -0.2) is 13.2 Å². The Morgan fingerprint density at radius 3 is 2.50 bits per heavy atom. The van der Waals surface area contributed by atoms with E-state index < -0.39 is 28.5 Å². The van der Waals surface area contributed by atoms with Crippen LogP contribution in [0.25, 0.3) is 0 Å². The van der Waals surface area contributed by atoms with E-state index in [2.05, 4.69) is 9.47 Å². The maximum absolute atomic E-state index is 11.8. The number of methoxy groups -OCH3 is 2. The number of hydrogen-bond acceptors (Lipinski definition) is 7. The van der Waals surface area contributed by atoms with Gasteiger partial charge in [-0.1, -0.05) is 0 Å². The minimum atomic E-state index is -3.95. The van der Waals surface area contributed by atoms with Crippen LogP contribution in [-0.2, 0) is 24.3 Å². The zero-order chi connectivity index (χ0) is 13.8. The van der Waals surface area contributed by atoms with Crippen molar-refractivity contribution in [3.05, 3.63) is 16.3 Å². The summed E-state index contributed by atoms with van der Waals surface area (Å²) < 4.78 is 34.5. The van der Waals surface area contributed by atoms with Crippen molar-refractivity contribution in [3.63, 3.8) is 0 Å². The summed E-state index contributed by atoms with van der Waals surface area (Å²) >= 11 is 1.04. The average molecular weight is 293 g/mol. The zero-order valence-electron chi connectivity index (χ0n) is 9.63. The Bertz CT molecular complexity index is 547. The Labute approximate surface area is 108 Å². The van der Waals surface area contributed by atoms with E-state index in [1.165, 1.54) is 10.8 Å². The van der Waals surface area contributed by atoms with Crippen molar-refractivity contribution in [2.75, 3.05) is 20.8 Å². The fraction of sp³-hybridized carbons (Fsp3) is 0.333. The van der Waals surface area contributed by atoms with Gasteiger partial charge < -0.3 is 9.47 Å². The lowest BCUT2D eigenvalue weighted by atomic mass is 10.3. The van der Waals surface area contributed by atoms with Crippen LogP contribution in [0.3, 0.4) is 0 Å². The van der Waals surface area contributed by atoms with Gasteiger partial charge in [-0.2, -0.15) is 16.1 Å². The van der Waals surface area contributed by atoms with Crippen LogP contribution in [0.2, 0.25) is 0 Å². The van der Waals surface area contributed by atoms with Gasteiger partial charge in [0.05, 0.1) is 19.8 Å². The molecule has 0 aliphatic rings. The number of hydrogen-bond donors (Lipinski definition) is 1. The molecule has 1 aromatic rings. The van der Waals surface area contributed by atoms with E-state index in [1.807, 2.05) is 4.72 Å². The average Bonchev–Trinajstić information content (AvgIpc) is 2.85. The van der Waals surface area contributed by atoms with Gasteiger partial charge in [0.1, 0.15) is 11.4 Å². The summed E-state index contributed by atoms with van der Waals surface area (Å²) in [6.07, 6.45) is 0. The lowest BCUT2D eigenvalue weighted by molar-refractivity contribution is -0.139. The number of ether oxygens (including phenoxy) is 2. The number of thiophene rings is 1. The quantitative estimate of drug-likeness (QED) is 0.766. The second-order valence-electron chi connectivity index (χ2n) is 3.04. The molecule has 1 N–H and O–H groups in total. The first-order valence-electron chi connectivity index (χ1n) is 4.63. The largest absolute Gasteiger partial charge is 0.468 e. The van der Waals surface area contributed by atoms with Crippen LogP contribution >= 0.6 is 11.3 Å². The van der Waals surface area contributed by atoms with Crippen molar-refractivity contribution in [1.29, 1.82) is 0 Å². The molecular weight excluding hydrogens is 282 g/mol. The number of sulfonamides is 1. The molecule has 100 valence electrons. The highest BCUT2D eigenvalue weighted by molar-refractivity contribution is 7.89. The highest BCUT2D eigenvalue weighted by Gasteiger charge is 2.24. The highest BCUT2D eigenvalue weighted by atomic mass is 32.2. The first kappa shape index (κ1) is 14.6. The third kappa shape index (κ3) is 3.28. The molecule has 0 bridgehead atoms. The maximum Gasteiger partial charge on any atom is 0.340 e. The Morgan fingerprint density at radius 2 is 1.94 bits per heavy atom. The molecule has 1 heterocycles. The molecule has 0 saturated carbocycles. The smallest absolute Gasteiger partial charge is 0.340 e. The Balaban J connectivity index is 2.95. The molecule has 18 heavy (non-hydrogen) atoms. The summed E-state index contributed by atoms with van der Waals surface area (Å²) in [7, 11) is -1.66. The fourth-order valence-electron chi connectivity index (χ4n) is 1.06. The van der Waals surface area contributed by atoms with Crippen LogP contribution in [0.5, 0.6) is 0 Å². The van der Waals surface area contributed by atoms with E-state index in [0.717, 1.165) is 25.6 Å². The number of nitrogens with one attached hydrogen (secondary N) is 1. The molecule has 0 saturated heterocycles. The van der Waals surface area contributed by atoms with Crippen LogP contribution < -0.4 is 4.72 Å². The third-order valence-corrected chi connectivity index (χ3v) is 4.29.